The third kappa shape index (κ3) is 4.98. The van der Waals surface area contributed by atoms with Gasteiger partial charge >= 0.3 is 0 Å². The van der Waals surface area contributed by atoms with Gasteiger partial charge in [-0.3, -0.25) is 4.79 Å². The highest BCUT2D eigenvalue weighted by Gasteiger charge is 2.34. The number of nitrogens with one attached hydrogen (secondary N) is 3. The zero-order chi connectivity index (χ0) is 17.7. The average molecular weight is 403 g/mol. The Balaban J connectivity index is 2.15. The van der Waals surface area contributed by atoms with Crippen molar-refractivity contribution in [3.63, 3.8) is 0 Å². The Kier molecular flexibility index (Phi) is 6.29. The van der Waals surface area contributed by atoms with Crippen molar-refractivity contribution in [3.8, 4) is 0 Å². The molecule has 0 aliphatic carbocycles. The van der Waals surface area contributed by atoms with E-state index in [4.69, 9.17) is 47.0 Å². The van der Waals surface area contributed by atoms with Gasteiger partial charge < -0.3 is 16.0 Å². The van der Waals surface area contributed by atoms with E-state index in [1.54, 1.807) is 0 Å². The van der Waals surface area contributed by atoms with Crippen LogP contribution in [-0.4, -0.2) is 21.0 Å². The number of amides is 1. The standard InChI is InChI=1S/C16H14Cl3N3OS/c1-2-13(23)21-14(16(17,18)19)22-15(24)20-12-9-5-7-10-6-3-4-8-11(10)12/h2-9,14H,1H2,(H,21,23)(H2,20,22,24)/t14-/m0/s1. The van der Waals surface area contributed by atoms with Crippen LogP contribution in [0.2, 0.25) is 0 Å². The predicted molar refractivity (Wildman–Crippen MR) is 106 cm³/mol. The molecule has 126 valence electrons. The van der Waals surface area contributed by atoms with E-state index in [-0.39, 0.29) is 5.11 Å². The first-order valence-electron chi connectivity index (χ1n) is 6.86. The summed E-state index contributed by atoms with van der Waals surface area (Å²) < 4.78 is -1.80. The van der Waals surface area contributed by atoms with E-state index in [2.05, 4.69) is 22.5 Å². The largest absolute Gasteiger partial charge is 0.339 e. The topological polar surface area (TPSA) is 53.2 Å². The van der Waals surface area contributed by atoms with Gasteiger partial charge in [-0.1, -0.05) is 77.8 Å². The number of thiocarbonyl (C=S) groups is 1. The number of hydrogen-bond acceptors (Lipinski definition) is 2. The van der Waals surface area contributed by atoms with Crippen LogP contribution >= 0.6 is 47.0 Å². The van der Waals surface area contributed by atoms with Gasteiger partial charge in [-0.15, -0.1) is 0 Å². The van der Waals surface area contributed by atoms with E-state index in [0.717, 1.165) is 22.5 Å². The van der Waals surface area contributed by atoms with Crippen LogP contribution in [-0.2, 0) is 4.79 Å². The third-order valence-corrected chi connectivity index (χ3v) is 3.99. The number of fused-ring (bicyclic) bond motifs is 1. The Morgan fingerprint density at radius 1 is 1.12 bits per heavy atom. The second kappa shape index (κ2) is 8.03. The molecular weight excluding hydrogens is 389 g/mol. The Morgan fingerprint density at radius 3 is 2.46 bits per heavy atom. The molecule has 2 rings (SSSR count). The van der Waals surface area contributed by atoms with Gasteiger partial charge in [0.2, 0.25) is 9.70 Å². The van der Waals surface area contributed by atoms with Crippen molar-refractivity contribution in [2.75, 3.05) is 5.32 Å². The van der Waals surface area contributed by atoms with E-state index in [1.165, 1.54) is 0 Å². The van der Waals surface area contributed by atoms with Crippen molar-refractivity contribution >= 4 is 74.5 Å². The number of alkyl halides is 3. The first-order chi connectivity index (χ1) is 11.3. The molecule has 2 aromatic rings. The maximum Gasteiger partial charge on any atom is 0.245 e. The van der Waals surface area contributed by atoms with Crippen LogP contribution in [0.4, 0.5) is 5.69 Å². The number of carbonyl (C=O) groups is 1. The van der Waals surface area contributed by atoms with Crippen molar-refractivity contribution in [2.45, 2.75) is 9.96 Å². The summed E-state index contributed by atoms with van der Waals surface area (Å²) >= 11 is 22.9. The van der Waals surface area contributed by atoms with Crippen LogP contribution < -0.4 is 16.0 Å². The zero-order valence-corrected chi connectivity index (χ0v) is 15.4. The monoisotopic (exact) mass is 401 g/mol. The fourth-order valence-electron chi connectivity index (χ4n) is 2.02. The number of hydrogen-bond donors (Lipinski definition) is 3. The minimum Gasteiger partial charge on any atom is -0.339 e. The Hall–Kier alpha value is -1.53. The molecule has 0 spiro atoms. The molecule has 24 heavy (non-hydrogen) atoms. The van der Waals surface area contributed by atoms with E-state index in [9.17, 15) is 4.79 Å². The highest BCUT2D eigenvalue weighted by Crippen LogP contribution is 2.29. The molecule has 0 aliphatic rings. The number of carbonyl (C=O) groups excluding carboxylic acids is 1. The second-order valence-corrected chi connectivity index (χ2v) is 7.59. The first-order valence-corrected chi connectivity index (χ1v) is 8.40. The molecule has 0 aliphatic heterocycles. The van der Waals surface area contributed by atoms with Crippen molar-refractivity contribution in [3.05, 3.63) is 55.1 Å². The summed E-state index contributed by atoms with van der Waals surface area (Å²) in [4.78, 5) is 11.5. The number of benzene rings is 2. The lowest BCUT2D eigenvalue weighted by molar-refractivity contribution is -0.117. The molecule has 0 heterocycles. The Bertz CT molecular complexity index is 771. The average Bonchev–Trinajstić information content (AvgIpc) is 2.53. The second-order valence-electron chi connectivity index (χ2n) is 4.81. The molecule has 2 aromatic carbocycles. The van der Waals surface area contributed by atoms with E-state index in [0.29, 0.717) is 0 Å². The van der Waals surface area contributed by atoms with Crippen molar-refractivity contribution < 1.29 is 4.79 Å². The summed E-state index contributed by atoms with van der Waals surface area (Å²) in [7, 11) is 0. The molecule has 1 atom stereocenters. The normalized spacial score (nSPS) is 12.3. The van der Waals surface area contributed by atoms with Crippen LogP contribution in [0.3, 0.4) is 0 Å². The van der Waals surface area contributed by atoms with Gasteiger partial charge in [0, 0.05) is 11.1 Å². The van der Waals surface area contributed by atoms with Crippen molar-refractivity contribution in [1.29, 1.82) is 0 Å². The highest BCUT2D eigenvalue weighted by molar-refractivity contribution is 7.80. The van der Waals surface area contributed by atoms with Gasteiger partial charge in [-0.05, 0) is 29.7 Å². The molecule has 8 heteroatoms. The van der Waals surface area contributed by atoms with Gasteiger partial charge in [0.05, 0.1) is 0 Å². The number of anilines is 1. The highest BCUT2D eigenvalue weighted by atomic mass is 35.6. The molecular formula is C16H14Cl3N3OS. The van der Waals surface area contributed by atoms with Crippen LogP contribution in [0.1, 0.15) is 0 Å². The lowest BCUT2D eigenvalue weighted by Gasteiger charge is -2.27. The Morgan fingerprint density at radius 2 is 1.79 bits per heavy atom. The van der Waals surface area contributed by atoms with Crippen LogP contribution in [0.15, 0.2) is 55.1 Å². The molecule has 0 bridgehead atoms. The van der Waals surface area contributed by atoms with Crippen LogP contribution in [0.5, 0.6) is 0 Å². The summed E-state index contributed by atoms with van der Waals surface area (Å²) in [5.41, 5.74) is 0.795. The molecule has 4 nitrogen and oxygen atoms in total. The number of rotatable bonds is 4. The molecule has 0 saturated heterocycles. The van der Waals surface area contributed by atoms with Gasteiger partial charge in [-0.25, -0.2) is 0 Å². The summed E-state index contributed by atoms with van der Waals surface area (Å²) in [5, 5.41) is 10.5. The van der Waals surface area contributed by atoms with E-state index < -0.39 is 15.9 Å². The summed E-state index contributed by atoms with van der Waals surface area (Å²) in [5.74, 6) is -0.494. The molecule has 0 saturated carbocycles. The predicted octanol–water partition coefficient (Wildman–Crippen LogP) is 4.12. The maximum absolute atomic E-state index is 11.5. The molecule has 1 amide bonds. The van der Waals surface area contributed by atoms with E-state index in [1.807, 2.05) is 42.5 Å². The lowest BCUT2D eigenvalue weighted by Crippen LogP contribution is -2.55. The van der Waals surface area contributed by atoms with Gasteiger partial charge in [0.1, 0.15) is 6.17 Å². The quantitative estimate of drug-likeness (QED) is 0.312. The SMILES string of the molecule is C=CC(=O)N[C@@H](NC(=S)Nc1cccc2ccccc12)C(Cl)(Cl)Cl. The molecule has 0 unspecified atom stereocenters. The maximum atomic E-state index is 11.5. The molecule has 0 radical (unpaired) electrons. The van der Waals surface area contributed by atoms with Crippen LogP contribution in [0, 0.1) is 0 Å². The van der Waals surface area contributed by atoms with Gasteiger partial charge in [-0.2, -0.15) is 0 Å². The van der Waals surface area contributed by atoms with Crippen molar-refractivity contribution in [2.24, 2.45) is 0 Å². The molecule has 0 fully saturated rings. The summed E-state index contributed by atoms with van der Waals surface area (Å²) in [6.45, 7) is 3.36. The third-order valence-electron chi connectivity index (χ3n) is 3.11. The smallest absolute Gasteiger partial charge is 0.245 e. The molecule has 3 N–H and O–H groups in total. The fourth-order valence-corrected chi connectivity index (χ4v) is 2.58. The Labute approximate surface area is 160 Å². The van der Waals surface area contributed by atoms with Gasteiger partial charge in [0.15, 0.2) is 5.11 Å². The fraction of sp³-hybridized carbons (Fsp3) is 0.125. The first kappa shape index (κ1) is 18.8. The number of halogens is 3. The summed E-state index contributed by atoms with van der Waals surface area (Å²) in [6.07, 6.45) is 0.0506. The zero-order valence-electron chi connectivity index (χ0n) is 12.4. The van der Waals surface area contributed by atoms with Crippen LogP contribution in [0.25, 0.3) is 10.8 Å². The minimum absolute atomic E-state index is 0.201. The van der Waals surface area contributed by atoms with Gasteiger partial charge in [0.25, 0.3) is 0 Å². The summed E-state index contributed by atoms with van der Waals surface area (Å²) in [6, 6.07) is 13.6. The van der Waals surface area contributed by atoms with E-state index >= 15 is 0 Å². The minimum atomic E-state index is -1.80. The lowest BCUT2D eigenvalue weighted by atomic mass is 10.1. The molecule has 0 aromatic heterocycles. The van der Waals surface area contributed by atoms with Crippen molar-refractivity contribution in [1.82, 2.24) is 10.6 Å².